The van der Waals surface area contributed by atoms with Gasteiger partial charge in [0.15, 0.2) is 0 Å². The van der Waals surface area contributed by atoms with Gasteiger partial charge in [0.1, 0.15) is 5.75 Å². The first-order chi connectivity index (χ1) is 9.58. The van der Waals surface area contributed by atoms with E-state index in [0.29, 0.717) is 13.1 Å². The van der Waals surface area contributed by atoms with E-state index in [9.17, 15) is 4.79 Å². The second kappa shape index (κ2) is 6.57. The van der Waals surface area contributed by atoms with E-state index < -0.39 is 0 Å². The van der Waals surface area contributed by atoms with Gasteiger partial charge in [-0.1, -0.05) is 12.1 Å². The minimum Gasteiger partial charge on any atom is -0.497 e. The summed E-state index contributed by atoms with van der Waals surface area (Å²) in [6.07, 6.45) is 3.63. The van der Waals surface area contributed by atoms with Crippen LogP contribution in [0.3, 0.4) is 0 Å². The lowest BCUT2D eigenvalue weighted by Gasteiger charge is -2.34. The molecule has 0 radical (unpaired) electrons. The summed E-state index contributed by atoms with van der Waals surface area (Å²) in [5.41, 5.74) is 0.980. The van der Waals surface area contributed by atoms with Gasteiger partial charge in [0, 0.05) is 19.2 Å². The molecule has 4 nitrogen and oxygen atoms in total. The Bertz CT molecular complexity index is 471. The van der Waals surface area contributed by atoms with E-state index in [2.05, 4.69) is 0 Å². The van der Waals surface area contributed by atoms with Gasteiger partial charge in [0.25, 0.3) is 0 Å². The molecule has 0 spiro atoms. The smallest absolute Gasteiger partial charge is 0.246 e. The van der Waals surface area contributed by atoms with E-state index in [4.69, 9.17) is 9.47 Å². The van der Waals surface area contributed by atoms with E-state index in [1.54, 1.807) is 13.2 Å². The lowest BCUT2D eigenvalue weighted by Crippen LogP contribution is -2.47. The molecule has 0 bridgehead atoms. The number of carbonyl (C=O) groups excluding carboxylic acids is 1. The topological polar surface area (TPSA) is 38.8 Å². The van der Waals surface area contributed by atoms with Gasteiger partial charge < -0.3 is 14.4 Å². The predicted octanol–water partition coefficient (Wildman–Crippen LogP) is 2.34. The number of rotatable bonds is 3. The van der Waals surface area contributed by atoms with Crippen LogP contribution in [-0.4, -0.2) is 43.2 Å². The molecule has 2 rings (SSSR count). The van der Waals surface area contributed by atoms with Crippen molar-refractivity contribution in [3.63, 3.8) is 0 Å². The maximum Gasteiger partial charge on any atom is 0.246 e. The van der Waals surface area contributed by atoms with Crippen LogP contribution in [0.25, 0.3) is 6.08 Å². The molecule has 4 heteroatoms. The Hall–Kier alpha value is -1.81. The van der Waals surface area contributed by atoms with Crippen molar-refractivity contribution in [2.75, 3.05) is 20.2 Å². The zero-order valence-corrected chi connectivity index (χ0v) is 12.2. The monoisotopic (exact) mass is 275 g/mol. The largest absolute Gasteiger partial charge is 0.497 e. The number of benzene rings is 1. The molecule has 1 aliphatic rings. The van der Waals surface area contributed by atoms with Gasteiger partial charge in [-0.15, -0.1) is 0 Å². The van der Waals surface area contributed by atoms with Crippen LogP contribution in [0, 0.1) is 0 Å². The van der Waals surface area contributed by atoms with Crippen molar-refractivity contribution in [1.82, 2.24) is 4.90 Å². The fraction of sp³-hybridized carbons (Fsp3) is 0.438. The summed E-state index contributed by atoms with van der Waals surface area (Å²) in [7, 11) is 1.63. The van der Waals surface area contributed by atoms with Crippen molar-refractivity contribution in [2.24, 2.45) is 0 Å². The SMILES string of the molecule is COc1ccc(/C=C/C(=O)N2C[C@H](C)O[C@@H](C)C2)cc1. The Labute approximate surface area is 120 Å². The van der Waals surface area contributed by atoms with Crippen LogP contribution in [0.4, 0.5) is 0 Å². The number of methoxy groups -OCH3 is 1. The third-order valence-electron chi connectivity index (χ3n) is 3.27. The Morgan fingerprint density at radius 3 is 2.40 bits per heavy atom. The van der Waals surface area contributed by atoms with Crippen LogP contribution in [0.1, 0.15) is 19.4 Å². The second-order valence-electron chi connectivity index (χ2n) is 5.11. The number of carbonyl (C=O) groups is 1. The molecule has 1 saturated heterocycles. The van der Waals surface area contributed by atoms with Crippen LogP contribution in [-0.2, 0) is 9.53 Å². The summed E-state index contributed by atoms with van der Waals surface area (Å²) in [4.78, 5) is 14.0. The average molecular weight is 275 g/mol. The highest BCUT2D eigenvalue weighted by Crippen LogP contribution is 2.14. The van der Waals surface area contributed by atoms with Crippen LogP contribution >= 0.6 is 0 Å². The van der Waals surface area contributed by atoms with E-state index in [1.165, 1.54) is 0 Å². The summed E-state index contributed by atoms with van der Waals surface area (Å²) in [5, 5.41) is 0. The zero-order chi connectivity index (χ0) is 14.5. The lowest BCUT2D eigenvalue weighted by atomic mass is 10.2. The number of hydrogen-bond acceptors (Lipinski definition) is 3. The molecule has 1 heterocycles. The molecular formula is C16H21NO3. The van der Waals surface area contributed by atoms with Gasteiger partial charge in [-0.05, 0) is 37.6 Å². The van der Waals surface area contributed by atoms with Crippen LogP contribution in [0.5, 0.6) is 5.75 Å². The quantitative estimate of drug-likeness (QED) is 0.795. The van der Waals surface area contributed by atoms with Gasteiger partial charge in [-0.3, -0.25) is 4.79 Å². The first-order valence-corrected chi connectivity index (χ1v) is 6.85. The molecule has 1 aliphatic heterocycles. The highest BCUT2D eigenvalue weighted by atomic mass is 16.5. The molecule has 0 unspecified atom stereocenters. The molecule has 0 aliphatic carbocycles. The third kappa shape index (κ3) is 3.84. The van der Waals surface area contributed by atoms with Crippen molar-refractivity contribution in [2.45, 2.75) is 26.1 Å². The van der Waals surface area contributed by atoms with Gasteiger partial charge >= 0.3 is 0 Å². The fourth-order valence-corrected chi connectivity index (χ4v) is 2.35. The molecule has 20 heavy (non-hydrogen) atoms. The Balaban J connectivity index is 1.97. The molecule has 2 atom stereocenters. The van der Waals surface area contributed by atoms with E-state index in [1.807, 2.05) is 49.1 Å². The van der Waals surface area contributed by atoms with Crippen LogP contribution < -0.4 is 4.74 Å². The van der Waals surface area contributed by atoms with Gasteiger partial charge in [-0.2, -0.15) is 0 Å². The molecule has 1 aromatic rings. The lowest BCUT2D eigenvalue weighted by molar-refractivity contribution is -0.137. The molecule has 0 N–H and O–H groups in total. The van der Waals surface area contributed by atoms with Crippen LogP contribution in [0.2, 0.25) is 0 Å². The van der Waals surface area contributed by atoms with Gasteiger partial charge in [0.05, 0.1) is 19.3 Å². The number of nitrogens with zero attached hydrogens (tertiary/aromatic N) is 1. The minimum absolute atomic E-state index is 0.0304. The first-order valence-electron chi connectivity index (χ1n) is 6.85. The molecule has 108 valence electrons. The van der Waals surface area contributed by atoms with Gasteiger partial charge in [0.2, 0.25) is 5.91 Å². The zero-order valence-electron chi connectivity index (χ0n) is 12.2. The van der Waals surface area contributed by atoms with Gasteiger partial charge in [-0.25, -0.2) is 0 Å². The third-order valence-corrected chi connectivity index (χ3v) is 3.27. The molecule has 0 saturated carbocycles. The number of amides is 1. The summed E-state index contributed by atoms with van der Waals surface area (Å²) in [6, 6.07) is 7.60. The Morgan fingerprint density at radius 2 is 1.85 bits per heavy atom. The van der Waals surface area contributed by atoms with Crippen LogP contribution in [0.15, 0.2) is 30.3 Å². The molecule has 0 aromatic heterocycles. The van der Waals surface area contributed by atoms with Crippen molar-refractivity contribution < 1.29 is 14.3 Å². The molecule has 1 aromatic carbocycles. The van der Waals surface area contributed by atoms with E-state index in [0.717, 1.165) is 11.3 Å². The summed E-state index contributed by atoms with van der Waals surface area (Å²) in [6.45, 7) is 5.28. The summed E-state index contributed by atoms with van der Waals surface area (Å²) < 4.78 is 10.7. The van der Waals surface area contributed by atoms with Crippen molar-refractivity contribution >= 4 is 12.0 Å². The average Bonchev–Trinajstić information content (AvgIpc) is 2.44. The number of ether oxygens (including phenoxy) is 2. The van der Waals surface area contributed by atoms with E-state index >= 15 is 0 Å². The normalized spacial score (nSPS) is 23.1. The highest BCUT2D eigenvalue weighted by Gasteiger charge is 2.24. The summed E-state index contributed by atoms with van der Waals surface area (Å²) in [5.74, 6) is 0.840. The Kier molecular flexibility index (Phi) is 4.79. The first kappa shape index (κ1) is 14.6. The summed E-state index contributed by atoms with van der Waals surface area (Å²) >= 11 is 0. The van der Waals surface area contributed by atoms with Crippen molar-refractivity contribution in [3.8, 4) is 5.75 Å². The molecule has 1 fully saturated rings. The van der Waals surface area contributed by atoms with Crippen molar-refractivity contribution in [1.29, 1.82) is 0 Å². The minimum atomic E-state index is 0.0304. The number of morpholine rings is 1. The Morgan fingerprint density at radius 1 is 1.25 bits per heavy atom. The van der Waals surface area contributed by atoms with Crippen molar-refractivity contribution in [3.05, 3.63) is 35.9 Å². The predicted molar refractivity (Wildman–Crippen MR) is 78.6 cm³/mol. The number of hydrogen-bond donors (Lipinski definition) is 0. The second-order valence-corrected chi connectivity index (χ2v) is 5.11. The highest BCUT2D eigenvalue weighted by molar-refractivity contribution is 5.91. The maximum atomic E-state index is 12.1. The van der Waals surface area contributed by atoms with E-state index in [-0.39, 0.29) is 18.1 Å². The standard InChI is InChI=1S/C16H21NO3/c1-12-10-17(11-13(2)20-12)16(18)9-6-14-4-7-15(19-3)8-5-14/h4-9,12-13H,10-11H2,1-3H3/b9-6+/t12-,13-/m0/s1. The molecular weight excluding hydrogens is 254 g/mol. The fourth-order valence-electron chi connectivity index (χ4n) is 2.35. The maximum absolute atomic E-state index is 12.1. The molecule has 1 amide bonds.